The number of carbonyl (C=O) groups excluding carboxylic acids is 1. The number of benzene rings is 1. The highest BCUT2D eigenvalue weighted by atomic mass is 16.5. The molecule has 1 aromatic carbocycles. The van der Waals surface area contributed by atoms with Gasteiger partial charge < -0.3 is 9.84 Å². The zero-order valence-electron chi connectivity index (χ0n) is 12.5. The molecule has 4 nitrogen and oxygen atoms in total. The first kappa shape index (κ1) is 15.4. The minimum atomic E-state index is -0.853. The molecular formula is C17H21NO3. The van der Waals surface area contributed by atoms with Crippen LogP contribution in [0.25, 0.3) is 10.9 Å². The number of aliphatic hydroxyl groups excluding tert-OH is 1. The number of hydrogen-bond donors (Lipinski definition) is 1. The van der Waals surface area contributed by atoms with Crippen LogP contribution in [0, 0.1) is 5.92 Å². The van der Waals surface area contributed by atoms with E-state index >= 15 is 0 Å². The van der Waals surface area contributed by atoms with Crippen LogP contribution in [0.15, 0.2) is 36.5 Å². The summed E-state index contributed by atoms with van der Waals surface area (Å²) in [6.07, 6.45) is 2.30. The molecule has 0 aliphatic carbocycles. The fourth-order valence-electron chi connectivity index (χ4n) is 2.48. The molecule has 0 aliphatic rings. The summed E-state index contributed by atoms with van der Waals surface area (Å²) in [6.45, 7) is 4.09. The quantitative estimate of drug-likeness (QED) is 0.829. The number of ether oxygens (including phenoxy) is 1. The van der Waals surface area contributed by atoms with Crippen LogP contribution in [0.5, 0.6) is 0 Å². The van der Waals surface area contributed by atoms with E-state index in [1.165, 1.54) is 0 Å². The van der Waals surface area contributed by atoms with E-state index in [1.807, 2.05) is 37.3 Å². The Balaban J connectivity index is 2.28. The number of esters is 1. The molecule has 1 aromatic heterocycles. The average molecular weight is 287 g/mol. The Kier molecular flexibility index (Phi) is 5.28. The summed E-state index contributed by atoms with van der Waals surface area (Å²) >= 11 is 0. The predicted molar refractivity (Wildman–Crippen MR) is 81.7 cm³/mol. The number of nitrogens with zero attached hydrogens (tertiary/aromatic N) is 1. The molecule has 1 N–H and O–H groups in total. The number of pyridine rings is 1. The first-order valence-corrected chi connectivity index (χ1v) is 7.36. The highest BCUT2D eigenvalue weighted by Gasteiger charge is 2.28. The van der Waals surface area contributed by atoms with E-state index in [-0.39, 0.29) is 5.97 Å². The molecule has 1 heterocycles. The predicted octanol–water partition coefficient (Wildman–Crippen LogP) is 3.25. The Bertz CT molecular complexity index is 612. The second-order valence-corrected chi connectivity index (χ2v) is 5.05. The summed E-state index contributed by atoms with van der Waals surface area (Å²) in [4.78, 5) is 16.3. The van der Waals surface area contributed by atoms with Crippen molar-refractivity contribution in [2.24, 2.45) is 5.92 Å². The van der Waals surface area contributed by atoms with Crippen LogP contribution in [-0.4, -0.2) is 22.7 Å². The van der Waals surface area contributed by atoms with Crippen LogP contribution in [0.4, 0.5) is 0 Å². The van der Waals surface area contributed by atoms with E-state index in [0.29, 0.717) is 13.0 Å². The lowest BCUT2D eigenvalue weighted by Gasteiger charge is -2.21. The molecule has 0 saturated heterocycles. The monoisotopic (exact) mass is 287 g/mol. The third-order valence-corrected chi connectivity index (χ3v) is 3.54. The maximum absolute atomic E-state index is 12.0. The maximum atomic E-state index is 12.0. The Morgan fingerprint density at radius 2 is 2.14 bits per heavy atom. The third-order valence-electron chi connectivity index (χ3n) is 3.54. The number of rotatable bonds is 6. The Morgan fingerprint density at radius 1 is 1.33 bits per heavy atom. The second kappa shape index (κ2) is 7.18. The van der Waals surface area contributed by atoms with Crippen molar-refractivity contribution in [2.75, 3.05) is 6.61 Å². The minimum absolute atomic E-state index is 0.327. The van der Waals surface area contributed by atoms with Crippen LogP contribution in [-0.2, 0) is 9.53 Å². The topological polar surface area (TPSA) is 59.4 Å². The normalized spacial score (nSPS) is 13.9. The largest absolute Gasteiger partial charge is 0.466 e. The number of aromatic nitrogens is 1. The molecule has 0 bridgehead atoms. The molecule has 2 atom stereocenters. The first-order valence-electron chi connectivity index (χ1n) is 7.36. The van der Waals surface area contributed by atoms with Crippen molar-refractivity contribution in [1.29, 1.82) is 0 Å². The van der Waals surface area contributed by atoms with Gasteiger partial charge in [-0.25, -0.2) is 0 Å². The molecule has 2 aromatic rings. The highest BCUT2D eigenvalue weighted by Crippen LogP contribution is 2.28. The van der Waals surface area contributed by atoms with E-state index in [9.17, 15) is 9.90 Å². The zero-order chi connectivity index (χ0) is 15.2. The average Bonchev–Trinajstić information content (AvgIpc) is 2.51. The molecule has 0 saturated carbocycles. The number of fused-ring (bicyclic) bond motifs is 1. The van der Waals surface area contributed by atoms with Gasteiger partial charge in [0.25, 0.3) is 0 Å². The van der Waals surface area contributed by atoms with Crippen molar-refractivity contribution in [1.82, 2.24) is 4.98 Å². The molecule has 0 fully saturated rings. The van der Waals surface area contributed by atoms with Crippen molar-refractivity contribution < 1.29 is 14.6 Å². The molecule has 112 valence electrons. The summed E-state index contributed by atoms with van der Waals surface area (Å²) < 4.78 is 5.08. The van der Waals surface area contributed by atoms with Gasteiger partial charge in [0.05, 0.1) is 24.1 Å². The molecule has 2 unspecified atom stereocenters. The van der Waals surface area contributed by atoms with Crippen molar-refractivity contribution in [3.05, 3.63) is 42.1 Å². The van der Waals surface area contributed by atoms with Gasteiger partial charge in [-0.05, 0) is 37.1 Å². The lowest BCUT2D eigenvalue weighted by atomic mass is 9.91. The molecule has 0 spiro atoms. The van der Waals surface area contributed by atoms with Gasteiger partial charge in [-0.15, -0.1) is 0 Å². The zero-order valence-corrected chi connectivity index (χ0v) is 12.5. The van der Waals surface area contributed by atoms with Gasteiger partial charge in [-0.2, -0.15) is 0 Å². The fraction of sp³-hybridized carbons (Fsp3) is 0.412. The summed E-state index contributed by atoms with van der Waals surface area (Å²) in [5, 5.41) is 11.5. The summed E-state index contributed by atoms with van der Waals surface area (Å²) in [5.41, 5.74) is 1.60. The lowest BCUT2D eigenvalue weighted by molar-refractivity contribution is -0.152. The van der Waals surface area contributed by atoms with Crippen LogP contribution in [0.1, 0.15) is 38.4 Å². The summed E-state index contributed by atoms with van der Waals surface area (Å²) in [6, 6.07) is 9.37. The molecular weight excluding hydrogens is 266 g/mol. The van der Waals surface area contributed by atoms with Crippen molar-refractivity contribution in [3.8, 4) is 0 Å². The SMILES string of the molecule is CCCC(C(=O)OCC)C(O)c1ccc2ncccc2c1. The third kappa shape index (κ3) is 3.58. The molecule has 21 heavy (non-hydrogen) atoms. The Labute approximate surface area is 124 Å². The number of aliphatic hydroxyl groups is 1. The standard InChI is InChI=1S/C17H21NO3/c1-3-6-14(17(20)21-4-2)16(19)13-8-9-15-12(11-13)7-5-10-18-15/h5,7-11,14,16,19H,3-4,6H2,1-2H3. The van der Waals surface area contributed by atoms with Gasteiger partial charge in [0.1, 0.15) is 0 Å². The van der Waals surface area contributed by atoms with E-state index in [2.05, 4.69) is 4.98 Å². The molecule has 0 radical (unpaired) electrons. The second-order valence-electron chi connectivity index (χ2n) is 5.05. The molecule has 2 rings (SSSR count). The fourth-order valence-corrected chi connectivity index (χ4v) is 2.48. The van der Waals surface area contributed by atoms with E-state index in [1.54, 1.807) is 13.1 Å². The maximum Gasteiger partial charge on any atom is 0.311 e. The van der Waals surface area contributed by atoms with E-state index < -0.39 is 12.0 Å². The highest BCUT2D eigenvalue weighted by molar-refractivity contribution is 5.79. The smallest absolute Gasteiger partial charge is 0.311 e. The van der Waals surface area contributed by atoms with Gasteiger partial charge in [-0.3, -0.25) is 9.78 Å². The van der Waals surface area contributed by atoms with Crippen LogP contribution >= 0.6 is 0 Å². The Hall–Kier alpha value is -1.94. The summed E-state index contributed by atoms with van der Waals surface area (Å²) in [5.74, 6) is -0.859. The number of hydrogen-bond acceptors (Lipinski definition) is 4. The van der Waals surface area contributed by atoms with Crippen LogP contribution in [0.2, 0.25) is 0 Å². The van der Waals surface area contributed by atoms with Gasteiger partial charge in [0.2, 0.25) is 0 Å². The van der Waals surface area contributed by atoms with Crippen molar-refractivity contribution in [2.45, 2.75) is 32.8 Å². The van der Waals surface area contributed by atoms with Gasteiger partial charge in [-0.1, -0.05) is 25.5 Å². The van der Waals surface area contributed by atoms with E-state index in [0.717, 1.165) is 22.9 Å². The van der Waals surface area contributed by atoms with Crippen LogP contribution < -0.4 is 0 Å². The molecule has 0 aliphatic heterocycles. The first-order chi connectivity index (χ1) is 10.2. The van der Waals surface area contributed by atoms with Crippen molar-refractivity contribution in [3.63, 3.8) is 0 Å². The van der Waals surface area contributed by atoms with Gasteiger partial charge in [0.15, 0.2) is 0 Å². The number of carbonyl (C=O) groups is 1. The molecule has 0 amide bonds. The van der Waals surface area contributed by atoms with Gasteiger partial charge >= 0.3 is 5.97 Å². The molecule has 4 heteroatoms. The summed E-state index contributed by atoms with van der Waals surface area (Å²) in [7, 11) is 0. The van der Waals surface area contributed by atoms with Crippen molar-refractivity contribution >= 4 is 16.9 Å². The van der Waals surface area contributed by atoms with E-state index in [4.69, 9.17) is 4.74 Å². The Morgan fingerprint density at radius 3 is 2.86 bits per heavy atom. The minimum Gasteiger partial charge on any atom is -0.466 e. The lowest BCUT2D eigenvalue weighted by Crippen LogP contribution is -2.24. The van der Waals surface area contributed by atoms with Crippen LogP contribution in [0.3, 0.4) is 0 Å². The van der Waals surface area contributed by atoms with Gasteiger partial charge in [0, 0.05) is 11.6 Å².